The first-order valence-electron chi connectivity index (χ1n) is 2.61. The van der Waals surface area contributed by atoms with Gasteiger partial charge in [0.1, 0.15) is 4.90 Å². The van der Waals surface area contributed by atoms with Crippen LogP contribution in [-0.4, -0.2) is 8.42 Å². The Morgan fingerprint density at radius 2 is 2.09 bits per heavy atom. The number of thiophene rings is 1. The van der Waals surface area contributed by atoms with Crippen molar-refractivity contribution >= 4 is 42.7 Å². The number of hydrogen-bond donors (Lipinski definition) is 0. The second kappa shape index (κ2) is 2.94. The Labute approximate surface area is 78.2 Å². The zero-order valence-corrected chi connectivity index (χ0v) is 8.61. The Bertz CT molecular complexity index is 346. The number of rotatable bonds is 1. The van der Waals surface area contributed by atoms with Crippen molar-refractivity contribution in [2.75, 3.05) is 0 Å². The molecule has 0 bridgehead atoms. The predicted molar refractivity (Wildman–Crippen MR) is 47.1 cm³/mol. The summed E-state index contributed by atoms with van der Waals surface area (Å²) in [7, 11) is 1.43. The quantitative estimate of drug-likeness (QED) is 0.696. The summed E-state index contributed by atoms with van der Waals surface area (Å²) >= 11 is 6.84. The van der Waals surface area contributed by atoms with Gasteiger partial charge >= 0.3 is 0 Å². The predicted octanol–water partition coefficient (Wildman–Crippen LogP) is 2.64. The summed E-state index contributed by atoms with van der Waals surface area (Å²) in [6.07, 6.45) is 0. The van der Waals surface area contributed by atoms with Gasteiger partial charge in [0.05, 0.1) is 5.02 Å². The van der Waals surface area contributed by atoms with E-state index in [0.717, 1.165) is 0 Å². The Morgan fingerprint density at radius 1 is 1.55 bits per heavy atom. The molecule has 0 atom stereocenters. The molecule has 0 saturated carbocycles. The first-order chi connectivity index (χ1) is 4.93. The van der Waals surface area contributed by atoms with Crippen LogP contribution < -0.4 is 0 Å². The molecule has 0 aliphatic rings. The molecule has 0 fully saturated rings. The zero-order valence-electron chi connectivity index (χ0n) is 5.47. The first kappa shape index (κ1) is 9.32. The van der Waals surface area contributed by atoms with Crippen LogP contribution in [0.2, 0.25) is 5.02 Å². The van der Waals surface area contributed by atoms with Gasteiger partial charge in [0, 0.05) is 20.9 Å². The maximum absolute atomic E-state index is 10.8. The van der Waals surface area contributed by atoms with E-state index in [-0.39, 0.29) is 9.92 Å². The van der Waals surface area contributed by atoms with Crippen LogP contribution >= 0.6 is 33.6 Å². The fraction of sp³-hybridized carbons (Fsp3) is 0.200. The Kier molecular flexibility index (Phi) is 2.49. The molecular formula is C5H4Cl2O2S2. The van der Waals surface area contributed by atoms with Crippen LogP contribution in [0.15, 0.2) is 10.3 Å². The minimum Gasteiger partial charge on any atom is -0.207 e. The summed E-state index contributed by atoms with van der Waals surface area (Å²) in [6, 6.07) is 0. The molecule has 11 heavy (non-hydrogen) atoms. The van der Waals surface area contributed by atoms with Crippen molar-refractivity contribution in [3.05, 3.63) is 15.3 Å². The highest BCUT2D eigenvalue weighted by molar-refractivity contribution is 8.14. The molecule has 0 aliphatic carbocycles. The van der Waals surface area contributed by atoms with Gasteiger partial charge in [-0.3, -0.25) is 0 Å². The lowest BCUT2D eigenvalue weighted by Gasteiger charge is -1.92. The van der Waals surface area contributed by atoms with Crippen LogP contribution in [0.3, 0.4) is 0 Å². The summed E-state index contributed by atoms with van der Waals surface area (Å²) < 4.78 is 21.6. The highest BCUT2D eigenvalue weighted by Gasteiger charge is 2.18. The third kappa shape index (κ3) is 1.87. The molecular weight excluding hydrogens is 227 g/mol. The lowest BCUT2D eigenvalue weighted by molar-refractivity contribution is 0.609. The summed E-state index contributed by atoms with van der Waals surface area (Å²) in [5, 5.41) is 1.74. The van der Waals surface area contributed by atoms with Gasteiger partial charge in [-0.15, -0.1) is 11.3 Å². The minimum absolute atomic E-state index is 0.0332. The van der Waals surface area contributed by atoms with Crippen molar-refractivity contribution in [1.29, 1.82) is 0 Å². The van der Waals surface area contributed by atoms with E-state index in [1.807, 2.05) is 0 Å². The Balaban J connectivity index is 3.45. The standard InChI is InChI=1S/C5H4Cl2O2S2/c1-3-5(11(7,8)9)4(6)2-10-3/h2H,1H3. The van der Waals surface area contributed by atoms with E-state index >= 15 is 0 Å². The smallest absolute Gasteiger partial charge is 0.207 e. The molecule has 0 N–H and O–H groups in total. The van der Waals surface area contributed by atoms with Crippen molar-refractivity contribution in [3.63, 3.8) is 0 Å². The zero-order chi connectivity index (χ0) is 8.65. The van der Waals surface area contributed by atoms with Crippen LogP contribution in [0.1, 0.15) is 4.88 Å². The van der Waals surface area contributed by atoms with Crippen molar-refractivity contribution < 1.29 is 8.42 Å². The molecule has 1 aromatic heterocycles. The Morgan fingerprint density at radius 3 is 2.27 bits per heavy atom. The summed E-state index contributed by atoms with van der Waals surface area (Å²) in [6.45, 7) is 1.66. The van der Waals surface area contributed by atoms with E-state index in [1.54, 1.807) is 12.3 Å². The van der Waals surface area contributed by atoms with Gasteiger partial charge in [0.25, 0.3) is 9.05 Å². The van der Waals surface area contributed by atoms with Crippen LogP contribution in [-0.2, 0) is 9.05 Å². The van der Waals surface area contributed by atoms with Crippen LogP contribution in [0.5, 0.6) is 0 Å². The molecule has 1 heterocycles. The van der Waals surface area contributed by atoms with E-state index in [2.05, 4.69) is 0 Å². The molecule has 0 spiro atoms. The van der Waals surface area contributed by atoms with Crippen molar-refractivity contribution in [3.8, 4) is 0 Å². The second-order valence-electron chi connectivity index (χ2n) is 1.91. The van der Waals surface area contributed by atoms with Crippen molar-refractivity contribution in [2.24, 2.45) is 0 Å². The second-order valence-corrected chi connectivity index (χ2v) is 5.90. The van der Waals surface area contributed by atoms with Crippen LogP contribution in [0.4, 0.5) is 0 Å². The van der Waals surface area contributed by atoms with Gasteiger partial charge < -0.3 is 0 Å². The highest BCUT2D eigenvalue weighted by Crippen LogP contribution is 2.32. The largest absolute Gasteiger partial charge is 0.263 e. The van der Waals surface area contributed by atoms with E-state index in [4.69, 9.17) is 22.3 Å². The normalized spacial score (nSPS) is 11.9. The van der Waals surface area contributed by atoms with Crippen LogP contribution in [0.25, 0.3) is 0 Å². The lowest BCUT2D eigenvalue weighted by atomic mass is 10.5. The van der Waals surface area contributed by atoms with Crippen LogP contribution in [0, 0.1) is 6.92 Å². The summed E-state index contributed by atoms with van der Waals surface area (Å²) in [5.41, 5.74) is 0. The Hall–Kier alpha value is 0.230. The van der Waals surface area contributed by atoms with E-state index in [1.165, 1.54) is 11.3 Å². The molecule has 0 radical (unpaired) electrons. The summed E-state index contributed by atoms with van der Waals surface area (Å²) in [4.78, 5) is 0.649. The topological polar surface area (TPSA) is 34.1 Å². The van der Waals surface area contributed by atoms with Gasteiger partial charge in [-0.1, -0.05) is 11.6 Å². The van der Waals surface area contributed by atoms with Crippen molar-refractivity contribution in [2.45, 2.75) is 11.8 Å². The van der Waals surface area contributed by atoms with Gasteiger partial charge in [-0.25, -0.2) is 8.42 Å². The van der Waals surface area contributed by atoms with E-state index in [9.17, 15) is 8.42 Å². The monoisotopic (exact) mass is 230 g/mol. The average Bonchev–Trinajstić information content (AvgIpc) is 2.08. The van der Waals surface area contributed by atoms with Gasteiger partial charge in [-0.2, -0.15) is 0 Å². The summed E-state index contributed by atoms with van der Waals surface area (Å²) in [5.74, 6) is 0. The van der Waals surface area contributed by atoms with Gasteiger partial charge in [0.15, 0.2) is 0 Å². The SMILES string of the molecule is Cc1scc(Cl)c1S(=O)(=O)Cl. The maximum Gasteiger partial charge on any atom is 0.263 e. The molecule has 62 valence electrons. The molecule has 0 amide bonds. The fourth-order valence-corrected chi connectivity index (χ4v) is 3.99. The van der Waals surface area contributed by atoms with Gasteiger partial charge in [-0.05, 0) is 6.92 Å². The third-order valence-electron chi connectivity index (χ3n) is 1.12. The van der Waals surface area contributed by atoms with E-state index < -0.39 is 9.05 Å². The number of hydrogen-bond acceptors (Lipinski definition) is 3. The fourth-order valence-electron chi connectivity index (χ4n) is 0.703. The maximum atomic E-state index is 10.8. The van der Waals surface area contributed by atoms with Gasteiger partial charge in [0.2, 0.25) is 0 Å². The average molecular weight is 231 g/mol. The molecule has 0 aliphatic heterocycles. The number of halogens is 2. The molecule has 6 heteroatoms. The lowest BCUT2D eigenvalue weighted by Crippen LogP contribution is -1.90. The first-order valence-corrected chi connectivity index (χ1v) is 6.18. The molecule has 0 aromatic carbocycles. The molecule has 0 saturated heterocycles. The molecule has 0 unspecified atom stereocenters. The van der Waals surface area contributed by atoms with Crippen molar-refractivity contribution in [1.82, 2.24) is 0 Å². The third-order valence-corrected chi connectivity index (χ3v) is 4.18. The minimum atomic E-state index is -3.67. The molecule has 2 nitrogen and oxygen atoms in total. The molecule has 1 rings (SSSR count). The van der Waals surface area contributed by atoms with E-state index in [0.29, 0.717) is 4.88 Å². The molecule has 1 aromatic rings. The highest BCUT2D eigenvalue weighted by atomic mass is 35.7. The number of aryl methyl sites for hydroxylation is 1.